The molecule has 28 heavy (non-hydrogen) atoms. The molecule has 0 radical (unpaired) electrons. The number of hydrogen-bond donors (Lipinski definition) is 1. The fourth-order valence-electron chi connectivity index (χ4n) is 2.61. The molecule has 0 fully saturated rings. The normalized spacial score (nSPS) is 11.7. The Morgan fingerprint density at radius 3 is 2.18 bits per heavy atom. The van der Waals surface area contributed by atoms with Gasteiger partial charge in [-0.2, -0.15) is 5.10 Å². The van der Waals surface area contributed by atoms with Gasteiger partial charge in [0.2, 0.25) is 0 Å². The lowest BCUT2D eigenvalue weighted by molar-refractivity contribution is 1.20. The predicted molar refractivity (Wildman–Crippen MR) is 123 cm³/mol. The van der Waals surface area contributed by atoms with Crippen molar-refractivity contribution in [1.82, 2.24) is 0 Å². The summed E-state index contributed by atoms with van der Waals surface area (Å²) in [6, 6.07) is 26.8. The molecule has 0 amide bonds. The minimum atomic E-state index is 0.454. The fraction of sp³-hybridized carbons (Fsp3) is 0.130. The lowest BCUT2D eigenvalue weighted by Gasteiger charge is -2.19. The van der Waals surface area contributed by atoms with E-state index in [1.54, 1.807) is 6.21 Å². The van der Waals surface area contributed by atoms with E-state index in [1.165, 1.54) is 22.9 Å². The van der Waals surface area contributed by atoms with Gasteiger partial charge in [-0.05, 0) is 42.3 Å². The van der Waals surface area contributed by atoms with Gasteiger partial charge < -0.3 is 10.6 Å². The van der Waals surface area contributed by atoms with E-state index in [1.807, 2.05) is 30.3 Å². The van der Waals surface area contributed by atoms with Crippen molar-refractivity contribution in [3.63, 3.8) is 0 Å². The van der Waals surface area contributed by atoms with Gasteiger partial charge in [0, 0.05) is 24.2 Å². The van der Waals surface area contributed by atoms with Crippen molar-refractivity contribution in [1.29, 1.82) is 0 Å². The molecular weight excluding hydrogens is 364 g/mol. The molecule has 0 atom stereocenters. The number of rotatable bonds is 6. The molecule has 3 aromatic carbocycles. The van der Waals surface area contributed by atoms with E-state index >= 15 is 0 Å². The number of nitrogens with two attached hydrogens (primary N) is 1. The second-order valence-electron chi connectivity index (χ2n) is 6.44. The van der Waals surface area contributed by atoms with Gasteiger partial charge in [-0.1, -0.05) is 71.9 Å². The van der Waals surface area contributed by atoms with E-state index in [4.69, 9.17) is 5.73 Å². The molecule has 5 heteroatoms. The van der Waals surface area contributed by atoms with Gasteiger partial charge in [0.05, 0.1) is 6.21 Å². The summed E-state index contributed by atoms with van der Waals surface area (Å²) in [7, 11) is 2.06. The molecule has 0 saturated carbocycles. The van der Waals surface area contributed by atoms with Gasteiger partial charge in [-0.25, -0.2) is 0 Å². The standard InChI is InChI=1S/C23H24N4S/c1-18-8-12-21(13-9-18)27(2)22-14-10-19(11-15-22)16-25-26-23(24)28-17-20-6-4-3-5-7-20/h3-16H,17H2,1-2H3,(H2,24,26). The van der Waals surface area contributed by atoms with Gasteiger partial charge in [0.1, 0.15) is 0 Å². The van der Waals surface area contributed by atoms with E-state index in [-0.39, 0.29) is 0 Å². The van der Waals surface area contributed by atoms with Crippen LogP contribution >= 0.6 is 11.8 Å². The quantitative estimate of drug-likeness (QED) is 0.352. The molecule has 4 nitrogen and oxygen atoms in total. The third-order valence-electron chi connectivity index (χ3n) is 4.29. The largest absolute Gasteiger partial charge is 0.377 e. The number of benzene rings is 3. The highest BCUT2D eigenvalue weighted by atomic mass is 32.2. The summed E-state index contributed by atoms with van der Waals surface area (Å²) in [5, 5.41) is 8.62. The first kappa shape index (κ1) is 19.7. The maximum Gasteiger partial charge on any atom is 0.180 e. The van der Waals surface area contributed by atoms with Gasteiger partial charge >= 0.3 is 0 Å². The summed E-state index contributed by atoms with van der Waals surface area (Å²) >= 11 is 1.48. The van der Waals surface area contributed by atoms with Crippen LogP contribution in [0.1, 0.15) is 16.7 Å². The molecule has 0 spiro atoms. The zero-order valence-electron chi connectivity index (χ0n) is 16.1. The first-order chi connectivity index (χ1) is 13.6. The molecule has 0 unspecified atom stereocenters. The predicted octanol–water partition coefficient (Wildman–Crippen LogP) is 5.34. The van der Waals surface area contributed by atoms with Gasteiger partial charge in [0.25, 0.3) is 0 Å². The van der Waals surface area contributed by atoms with Crippen LogP contribution in [0.4, 0.5) is 11.4 Å². The molecule has 2 N–H and O–H groups in total. The van der Waals surface area contributed by atoms with E-state index in [2.05, 4.69) is 77.6 Å². The fourth-order valence-corrected chi connectivity index (χ4v) is 3.23. The molecule has 3 aromatic rings. The maximum atomic E-state index is 5.92. The molecule has 0 aliphatic rings. The van der Waals surface area contributed by atoms with Crippen LogP contribution in [0.25, 0.3) is 0 Å². The summed E-state index contributed by atoms with van der Waals surface area (Å²) in [6.45, 7) is 2.09. The Balaban J connectivity index is 1.56. The SMILES string of the molecule is Cc1ccc(N(C)c2ccc(C=NN=C(N)SCc3ccccc3)cc2)cc1. The van der Waals surface area contributed by atoms with Crippen LogP contribution in [0.3, 0.4) is 0 Å². The molecule has 142 valence electrons. The van der Waals surface area contributed by atoms with Gasteiger partial charge in [-0.15, -0.1) is 5.10 Å². The van der Waals surface area contributed by atoms with Crippen molar-refractivity contribution in [2.45, 2.75) is 12.7 Å². The van der Waals surface area contributed by atoms with E-state index in [9.17, 15) is 0 Å². The van der Waals surface area contributed by atoms with Crippen LogP contribution in [-0.4, -0.2) is 18.4 Å². The number of thioether (sulfide) groups is 1. The molecule has 0 heterocycles. The molecular formula is C23H24N4S. The third kappa shape index (κ3) is 5.72. The Kier molecular flexibility index (Phi) is 6.87. The van der Waals surface area contributed by atoms with E-state index in [0.717, 1.165) is 22.7 Å². The minimum Gasteiger partial charge on any atom is -0.377 e. The molecule has 0 aromatic heterocycles. The van der Waals surface area contributed by atoms with Gasteiger partial charge in [-0.3, -0.25) is 0 Å². The van der Waals surface area contributed by atoms with Crippen LogP contribution in [0.5, 0.6) is 0 Å². The summed E-state index contributed by atoms with van der Waals surface area (Å²) in [5.74, 6) is 0.783. The topological polar surface area (TPSA) is 54.0 Å². The number of hydrogen-bond acceptors (Lipinski definition) is 4. The van der Waals surface area contributed by atoms with Crippen LogP contribution in [0.2, 0.25) is 0 Å². The van der Waals surface area contributed by atoms with Crippen molar-refractivity contribution in [2.24, 2.45) is 15.9 Å². The highest BCUT2D eigenvalue weighted by molar-refractivity contribution is 8.13. The van der Waals surface area contributed by atoms with Crippen LogP contribution in [0.15, 0.2) is 89.1 Å². The second kappa shape index (κ2) is 9.76. The molecule has 3 rings (SSSR count). The first-order valence-electron chi connectivity index (χ1n) is 9.05. The van der Waals surface area contributed by atoms with Crippen LogP contribution in [-0.2, 0) is 5.75 Å². The lowest BCUT2D eigenvalue weighted by atomic mass is 10.2. The number of amidine groups is 1. The first-order valence-corrected chi connectivity index (χ1v) is 10.0. The number of anilines is 2. The van der Waals surface area contributed by atoms with Crippen molar-refractivity contribution < 1.29 is 0 Å². The monoisotopic (exact) mass is 388 g/mol. The molecule has 0 bridgehead atoms. The summed E-state index contributed by atoms with van der Waals surface area (Å²) in [5.41, 5.74) is 11.6. The second-order valence-corrected chi connectivity index (χ2v) is 7.44. The van der Waals surface area contributed by atoms with Crippen LogP contribution in [0, 0.1) is 6.92 Å². The smallest absolute Gasteiger partial charge is 0.180 e. The van der Waals surface area contributed by atoms with Crippen molar-refractivity contribution in [3.05, 3.63) is 95.6 Å². The summed E-state index contributed by atoms with van der Waals surface area (Å²) in [4.78, 5) is 2.15. The molecule has 0 saturated heterocycles. The highest BCUT2D eigenvalue weighted by Crippen LogP contribution is 2.23. The lowest BCUT2D eigenvalue weighted by Crippen LogP contribution is -2.09. The third-order valence-corrected chi connectivity index (χ3v) is 5.15. The number of nitrogens with zero attached hydrogens (tertiary/aromatic N) is 3. The minimum absolute atomic E-state index is 0.454. The summed E-state index contributed by atoms with van der Waals surface area (Å²) in [6.07, 6.45) is 1.71. The summed E-state index contributed by atoms with van der Waals surface area (Å²) < 4.78 is 0. The average Bonchev–Trinajstić information content (AvgIpc) is 2.73. The Morgan fingerprint density at radius 1 is 0.929 bits per heavy atom. The molecule has 0 aliphatic heterocycles. The van der Waals surface area contributed by atoms with E-state index < -0.39 is 0 Å². The average molecular weight is 389 g/mol. The van der Waals surface area contributed by atoms with Crippen molar-refractivity contribution in [2.75, 3.05) is 11.9 Å². The van der Waals surface area contributed by atoms with Crippen LogP contribution < -0.4 is 10.6 Å². The molecule has 0 aliphatic carbocycles. The Bertz CT molecular complexity index is 933. The zero-order chi connectivity index (χ0) is 19.8. The Labute approximate surface area is 170 Å². The van der Waals surface area contributed by atoms with Crippen molar-refractivity contribution >= 4 is 34.5 Å². The highest BCUT2D eigenvalue weighted by Gasteiger charge is 2.03. The zero-order valence-corrected chi connectivity index (χ0v) is 16.9. The Hall–Kier alpha value is -3.05. The van der Waals surface area contributed by atoms with Crippen molar-refractivity contribution in [3.8, 4) is 0 Å². The maximum absolute atomic E-state index is 5.92. The van der Waals surface area contributed by atoms with E-state index in [0.29, 0.717) is 5.17 Å². The van der Waals surface area contributed by atoms with Gasteiger partial charge in [0.15, 0.2) is 5.17 Å². The Morgan fingerprint density at radius 2 is 1.54 bits per heavy atom. The number of aryl methyl sites for hydroxylation is 1.